The Labute approximate surface area is 116 Å². The average molecular weight is 313 g/mol. The molecular formula is C11H12F5N3O2. The van der Waals surface area contributed by atoms with Crippen molar-refractivity contribution in [3.63, 3.8) is 0 Å². The Kier molecular flexibility index (Phi) is 4.17. The van der Waals surface area contributed by atoms with E-state index in [-0.39, 0.29) is 11.8 Å². The molecule has 5 nitrogen and oxygen atoms in total. The van der Waals surface area contributed by atoms with Crippen LogP contribution >= 0.6 is 0 Å². The lowest BCUT2D eigenvalue weighted by atomic mass is 10.2. The molecule has 1 aromatic rings. The zero-order chi connectivity index (χ0) is 15.7. The summed E-state index contributed by atoms with van der Waals surface area (Å²) in [6.07, 6.45) is -2.14. The minimum absolute atomic E-state index is 0.0786. The third-order valence-corrected chi connectivity index (χ3v) is 2.95. The maximum absolute atomic E-state index is 12.8. The Morgan fingerprint density at radius 1 is 1.43 bits per heavy atom. The minimum Gasteiger partial charge on any atom is -0.376 e. The summed E-state index contributed by atoms with van der Waals surface area (Å²) in [7, 11) is 0. The molecule has 0 radical (unpaired) electrons. The van der Waals surface area contributed by atoms with E-state index in [0.29, 0.717) is 13.2 Å². The van der Waals surface area contributed by atoms with Gasteiger partial charge >= 0.3 is 18.0 Å². The highest BCUT2D eigenvalue weighted by Gasteiger charge is 2.63. The van der Waals surface area contributed by atoms with E-state index in [0.717, 1.165) is 19.0 Å². The van der Waals surface area contributed by atoms with Crippen molar-refractivity contribution in [2.24, 2.45) is 0 Å². The molecule has 1 unspecified atom stereocenters. The number of aromatic nitrogens is 2. The van der Waals surface area contributed by atoms with Gasteiger partial charge in [0, 0.05) is 12.8 Å². The van der Waals surface area contributed by atoms with Gasteiger partial charge in [0.1, 0.15) is 0 Å². The van der Waals surface area contributed by atoms with Crippen LogP contribution in [-0.4, -0.2) is 40.5 Å². The fourth-order valence-electron chi connectivity index (χ4n) is 1.86. The maximum atomic E-state index is 12.8. The van der Waals surface area contributed by atoms with Gasteiger partial charge < -0.3 is 10.1 Å². The predicted octanol–water partition coefficient (Wildman–Crippen LogP) is 2.20. The standard InChI is InChI=1S/C11H12F5N3O2/c12-10(13,11(14,15)16)9(20)18-7-4-17-19(5-7)6-8-2-1-3-21-8/h4-5,8H,1-3,6H2,(H,18,20). The van der Waals surface area contributed by atoms with E-state index in [2.05, 4.69) is 5.10 Å². The van der Waals surface area contributed by atoms with Crippen LogP contribution in [0.25, 0.3) is 0 Å². The Morgan fingerprint density at radius 3 is 2.71 bits per heavy atom. The van der Waals surface area contributed by atoms with Gasteiger partial charge in [-0.1, -0.05) is 0 Å². The summed E-state index contributed by atoms with van der Waals surface area (Å²) in [6.45, 7) is 0.957. The summed E-state index contributed by atoms with van der Waals surface area (Å²) >= 11 is 0. The highest BCUT2D eigenvalue weighted by atomic mass is 19.4. The van der Waals surface area contributed by atoms with E-state index in [1.807, 2.05) is 0 Å². The molecule has 0 spiro atoms. The summed E-state index contributed by atoms with van der Waals surface area (Å²) in [5, 5.41) is 5.27. The Hall–Kier alpha value is -1.71. The van der Waals surface area contributed by atoms with Crippen molar-refractivity contribution in [3.05, 3.63) is 12.4 Å². The second kappa shape index (κ2) is 5.58. The van der Waals surface area contributed by atoms with Crippen LogP contribution in [0.3, 0.4) is 0 Å². The van der Waals surface area contributed by atoms with E-state index in [1.165, 1.54) is 16.2 Å². The number of amides is 1. The molecule has 1 amide bonds. The zero-order valence-electron chi connectivity index (χ0n) is 10.7. The van der Waals surface area contributed by atoms with E-state index in [4.69, 9.17) is 4.74 Å². The maximum Gasteiger partial charge on any atom is 0.463 e. The lowest BCUT2D eigenvalue weighted by Crippen LogP contribution is -2.47. The quantitative estimate of drug-likeness (QED) is 0.867. The first-order valence-corrected chi connectivity index (χ1v) is 6.10. The van der Waals surface area contributed by atoms with Crippen molar-refractivity contribution in [1.82, 2.24) is 9.78 Å². The fourth-order valence-corrected chi connectivity index (χ4v) is 1.86. The Morgan fingerprint density at radius 2 is 2.14 bits per heavy atom. The molecule has 10 heteroatoms. The average Bonchev–Trinajstić information content (AvgIpc) is 3.00. The molecule has 0 aliphatic carbocycles. The third kappa shape index (κ3) is 3.49. The molecule has 1 saturated heterocycles. The number of anilines is 1. The summed E-state index contributed by atoms with van der Waals surface area (Å²) in [5.74, 6) is -7.89. The molecule has 21 heavy (non-hydrogen) atoms. The van der Waals surface area contributed by atoms with Crippen LogP contribution in [0.15, 0.2) is 12.4 Å². The number of carbonyl (C=O) groups excluding carboxylic acids is 1. The first-order valence-electron chi connectivity index (χ1n) is 6.10. The van der Waals surface area contributed by atoms with Crippen molar-refractivity contribution in [2.45, 2.75) is 37.6 Å². The van der Waals surface area contributed by atoms with Crippen LogP contribution in [0.1, 0.15) is 12.8 Å². The molecule has 1 fully saturated rings. The van der Waals surface area contributed by atoms with Crippen molar-refractivity contribution in [2.75, 3.05) is 11.9 Å². The number of rotatable bonds is 4. The Balaban J connectivity index is 1.97. The van der Waals surface area contributed by atoms with E-state index < -0.39 is 18.0 Å². The van der Waals surface area contributed by atoms with Crippen LogP contribution in [0, 0.1) is 0 Å². The van der Waals surface area contributed by atoms with Crippen molar-refractivity contribution in [1.29, 1.82) is 0 Å². The van der Waals surface area contributed by atoms with E-state index >= 15 is 0 Å². The van der Waals surface area contributed by atoms with Gasteiger partial charge in [-0.3, -0.25) is 9.48 Å². The summed E-state index contributed by atoms with van der Waals surface area (Å²) in [4.78, 5) is 11.0. The topological polar surface area (TPSA) is 56.2 Å². The molecule has 1 atom stereocenters. The molecule has 1 aliphatic heterocycles. The molecule has 1 aromatic heterocycles. The molecule has 0 saturated carbocycles. The normalized spacial score (nSPS) is 19.8. The summed E-state index contributed by atoms with van der Waals surface area (Å²) < 4.78 is 68.2. The first-order chi connectivity index (χ1) is 9.70. The fraction of sp³-hybridized carbons (Fsp3) is 0.636. The minimum atomic E-state index is -5.94. The second-order valence-electron chi connectivity index (χ2n) is 4.61. The number of nitrogens with zero attached hydrogens (tertiary/aromatic N) is 2. The number of ether oxygens (including phenoxy) is 1. The van der Waals surface area contributed by atoms with Gasteiger partial charge in [-0.15, -0.1) is 0 Å². The Bertz CT molecular complexity index is 508. The largest absolute Gasteiger partial charge is 0.463 e. The monoisotopic (exact) mass is 313 g/mol. The van der Waals surface area contributed by atoms with Gasteiger partial charge in [-0.05, 0) is 12.8 Å². The molecule has 2 rings (SSSR count). The third-order valence-electron chi connectivity index (χ3n) is 2.95. The molecule has 1 aliphatic rings. The van der Waals surface area contributed by atoms with E-state index in [9.17, 15) is 26.7 Å². The molecular weight excluding hydrogens is 301 g/mol. The van der Waals surface area contributed by atoms with Gasteiger partial charge in [0.2, 0.25) is 0 Å². The lowest BCUT2D eigenvalue weighted by Gasteiger charge is -2.17. The first kappa shape index (κ1) is 15.7. The molecule has 118 valence electrons. The van der Waals surface area contributed by atoms with Crippen LogP contribution in [-0.2, 0) is 16.1 Å². The number of hydrogen-bond acceptors (Lipinski definition) is 3. The van der Waals surface area contributed by atoms with E-state index in [1.54, 1.807) is 0 Å². The number of carbonyl (C=O) groups is 1. The zero-order valence-corrected chi connectivity index (χ0v) is 10.7. The van der Waals surface area contributed by atoms with Crippen molar-refractivity contribution >= 4 is 11.6 Å². The lowest BCUT2D eigenvalue weighted by molar-refractivity contribution is -0.267. The number of hydrogen-bond donors (Lipinski definition) is 1. The van der Waals surface area contributed by atoms with Crippen LogP contribution in [0.5, 0.6) is 0 Å². The number of nitrogens with one attached hydrogen (secondary N) is 1. The van der Waals surface area contributed by atoms with Crippen LogP contribution in [0.2, 0.25) is 0 Å². The van der Waals surface area contributed by atoms with Crippen molar-refractivity contribution < 1.29 is 31.5 Å². The number of alkyl halides is 5. The molecule has 2 heterocycles. The number of halogens is 5. The predicted molar refractivity (Wildman–Crippen MR) is 60.8 cm³/mol. The molecule has 0 aromatic carbocycles. The van der Waals surface area contributed by atoms with Gasteiger partial charge in [-0.2, -0.15) is 27.1 Å². The van der Waals surface area contributed by atoms with Gasteiger partial charge in [0.25, 0.3) is 0 Å². The highest BCUT2D eigenvalue weighted by Crippen LogP contribution is 2.36. The van der Waals surface area contributed by atoms with Gasteiger partial charge in [0.15, 0.2) is 0 Å². The highest BCUT2D eigenvalue weighted by molar-refractivity contribution is 5.96. The smallest absolute Gasteiger partial charge is 0.376 e. The van der Waals surface area contributed by atoms with Crippen molar-refractivity contribution in [3.8, 4) is 0 Å². The van der Waals surface area contributed by atoms with Gasteiger partial charge in [-0.25, -0.2) is 0 Å². The van der Waals surface area contributed by atoms with Crippen LogP contribution in [0.4, 0.5) is 27.6 Å². The van der Waals surface area contributed by atoms with Crippen LogP contribution < -0.4 is 5.32 Å². The second-order valence-corrected chi connectivity index (χ2v) is 4.61. The van der Waals surface area contributed by atoms with Gasteiger partial charge in [0.05, 0.1) is 24.5 Å². The molecule has 1 N–H and O–H groups in total. The SMILES string of the molecule is O=C(Nc1cnn(CC2CCCO2)c1)C(F)(F)C(F)(F)F. The molecule has 0 bridgehead atoms. The summed E-state index contributed by atoms with van der Waals surface area (Å²) in [6, 6.07) is 0. The summed E-state index contributed by atoms with van der Waals surface area (Å²) in [5.41, 5.74) is -0.234.